The number of anilines is 1. The molecule has 0 aliphatic rings. The summed E-state index contributed by atoms with van der Waals surface area (Å²) in [5, 5.41) is 0. The second kappa shape index (κ2) is 5.67. The van der Waals surface area contributed by atoms with E-state index in [-0.39, 0.29) is 5.82 Å². The van der Waals surface area contributed by atoms with Crippen molar-refractivity contribution in [1.82, 2.24) is 9.55 Å². The van der Waals surface area contributed by atoms with E-state index in [2.05, 4.69) is 11.9 Å². The van der Waals surface area contributed by atoms with Gasteiger partial charge in [-0.25, -0.2) is 9.37 Å². The highest BCUT2D eigenvalue weighted by Gasteiger charge is 2.06. The van der Waals surface area contributed by atoms with Gasteiger partial charge in [-0.1, -0.05) is 19.8 Å². The zero-order valence-electron chi connectivity index (χ0n) is 10.6. The van der Waals surface area contributed by atoms with Crippen LogP contribution in [0.1, 0.15) is 26.2 Å². The molecule has 0 bridgehead atoms. The Morgan fingerprint density at radius 1 is 1.22 bits per heavy atom. The maximum Gasteiger partial charge on any atom is 0.200 e. The zero-order valence-corrected chi connectivity index (χ0v) is 10.6. The van der Waals surface area contributed by atoms with Gasteiger partial charge in [0.1, 0.15) is 5.82 Å². The van der Waals surface area contributed by atoms with E-state index < -0.39 is 0 Å². The highest BCUT2D eigenvalue weighted by atomic mass is 19.1. The number of hydrogen-bond donors (Lipinski definition) is 1. The molecule has 0 unspecified atom stereocenters. The lowest BCUT2D eigenvalue weighted by Gasteiger charge is -2.02. The maximum absolute atomic E-state index is 12.8. The number of halogens is 1. The number of aryl methyl sites for hydroxylation is 1. The molecule has 2 N–H and O–H groups in total. The van der Waals surface area contributed by atoms with Crippen LogP contribution in [0.25, 0.3) is 11.3 Å². The number of nitrogen functional groups attached to an aromatic ring is 1. The average molecular weight is 247 g/mol. The van der Waals surface area contributed by atoms with Crippen molar-refractivity contribution < 1.29 is 4.39 Å². The fraction of sp³-hybridized carbons (Fsp3) is 0.357. The molecule has 1 aromatic carbocycles. The van der Waals surface area contributed by atoms with E-state index in [1.807, 2.05) is 10.8 Å². The molecule has 2 aromatic rings. The van der Waals surface area contributed by atoms with E-state index in [9.17, 15) is 4.39 Å². The molecule has 1 aromatic heterocycles. The van der Waals surface area contributed by atoms with E-state index in [0.717, 1.165) is 24.2 Å². The molecule has 96 valence electrons. The lowest BCUT2D eigenvalue weighted by Crippen LogP contribution is -2.02. The number of rotatable bonds is 5. The Labute approximate surface area is 106 Å². The van der Waals surface area contributed by atoms with E-state index in [1.54, 1.807) is 12.1 Å². The molecule has 0 amide bonds. The van der Waals surface area contributed by atoms with Gasteiger partial charge >= 0.3 is 0 Å². The van der Waals surface area contributed by atoms with Crippen LogP contribution in [0.5, 0.6) is 0 Å². The van der Waals surface area contributed by atoms with Crippen molar-refractivity contribution in [2.75, 3.05) is 5.73 Å². The Balaban J connectivity index is 2.15. The first kappa shape index (κ1) is 12.6. The van der Waals surface area contributed by atoms with E-state index in [1.165, 1.54) is 25.0 Å². The summed E-state index contributed by atoms with van der Waals surface area (Å²) in [7, 11) is 0. The summed E-state index contributed by atoms with van der Waals surface area (Å²) < 4.78 is 14.8. The van der Waals surface area contributed by atoms with Crippen molar-refractivity contribution in [3.05, 3.63) is 36.3 Å². The van der Waals surface area contributed by atoms with E-state index in [0.29, 0.717) is 5.95 Å². The van der Waals surface area contributed by atoms with Crippen LogP contribution >= 0.6 is 0 Å². The molecule has 0 aliphatic heterocycles. The second-order valence-electron chi connectivity index (χ2n) is 4.39. The van der Waals surface area contributed by atoms with Gasteiger partial charge in [-0.05, 0) is 30.7 Å². The van der Waals surface area contributed by atoms with Gasteiger partial charge in [0.05, 0.1) is 5.69 Å². The molecule has 3 nitrogen and oxygen atoms in total. The van der Waals surface area contributed by atoms with Crippen molar-refractivity contribution in [1.29, 1.82) is 0 Å². The van der Waals surface area contributed by atoms with Crippen LogP contribution in [0.3, 0.4) is 0 Å². The molecule has 1 heterocycles. The Hall–Kier alpha value is -1.84. The normalized spacial score (nSPS) is 10.8. The molecule has 0 saturated heterocycles. The van der Waals surface area contributed by atoms with Crippen molar-refractivity contribution in [3.8, 4) is 11.3 Å². The largest absolute Gasteiger partial charge is 0.369 e. The number of unbranched alkanes of at least 4 members (excludes halogenated alkanes) is 2. The Kier molecular flexibility index (Phi) is 3.97. The van der Waals surface area contributed by atoms with Gasteiger partial charge in [0, 0.05) is 18.3 Å². The molecule has 0 fully saturated rings. The maximum atomic E-state index is 12.8. The predicted octanol–water partition coefficient (Wildman–Crippen LogP) is 3.46. The molecule has 0 radical (unpaired) electrons. The van der Waals surface area contributed by atoms with Gasteiger partial charge in [-0.2, -0.15) is 0 Å². The zero-order chi connectivity index (χ0) is 13.0. The van der Waals surface area contributed by atoms with Crippen molar-refractivity contribution in [2.24, 2.45) is 0 Å². The Bertz CT molecular complexity index is 502. The highest BCUT2D eigenvalue weighted by molar-refractivity contribution is 5.60. The van der Waals surface area contributed by atoms with Gasteiger partial charge in [-0.3, -0.25) is 0 Å². The Morgan fingerprint density at radius 2 is 1.94 bits per heavy atom. The number of benzene rings is 1. The minimum absolute atomic E-state index is 0.242. The number of imidazole rings is 1. The predicted molar refractivity (Wildman–Crippen MR) is 71.6 cm³/mol. The van der Waals surface area contributed by atoms with E-state index >= 15 is 0 Å². The van der Waals surface area contributed by atoms with Crippen LogP contribution in [0, 0.1) is 5.82 Å². The van der Waals surface area contributed by atoms with Crippen LogP contribution in [-0.4, -0.2) is 9.55 Å². The standard InChI is InChI=1S/C14H18FN3/c1-2-3-4-9-18-10-13(17-14(18)16)11-5-7-12(15)8-6-11/h5-8,10H,2-4,9H2,1H3,(H2,16,17). The van der Waals surface area contributed by atoms with Gasteiger partial charge < -0.3 is 10.3 Å². The number of nitrogens with two attached hydrogens (primary N) is 1. The molecule has 0 spiro atoms. The van der Waals surface area contributed by atoms with Crippen molar-refractivity contribution >= 4 is 5.95 Å². The Morgan fingerprint density at radius 3 is 2.61 bits per heavy atom. The molecule has 4 heteroatoms. The summed E-state index contributed by atoms with van der Waals surface area (Å²) >= 11 is 0. The SMILES string of the molecule is CCCCCn1cc(-c2ccc(F)cc2)nc1N. The topological polar surface area (TPSA) is 43.8 Å². The van der Waals surface area contributed by atoms with Crippen LogP contribution in [0.4, 0.5) is 10.3 Å². The third-order valence-electron chi connectivity index (χ3n) is 2.95. The average Bonchev–Trinajstić information content (AvgIpc) is 2.72. The third kappa shape index (κ3) is 2.88. The van der Waals surface area contributed by atoms with Crippen LogP contribution in [-0.2, 0) is 6.54 Å². The summed E-state index contributed by atoms with van der Waals surface area (Å²) in [6.07, 6.45) is 5.39. The van der Waals surface area contributed by atoms with Crippen LogP contribution in [0.15, 0.2) is 30.5 Å². The van der Waals surface area contributed by atoms with Crippen molar-refractivity contribution in [3.63, 3.8) is 0 Å². The van der Waals surface area contributed by atoms with Crippen molar-refractivity contribution in [2.45, 2.75) is 32.7 Å². The first-order valence-corrected chi connectivity index (χ1v) is 6.29. The third-order valence-corrected chi connectivity index (χ3v) is 2.95. The van der Waals surface area contributed by atoms with Gasteiger partial charge in [0.2, 0.25) is 5.95 Å². The molecule has 2 rings (SSSR count). The summed E-state index contributed by atoms with van der Waals surface area (Å²) in [4.78, 5) is 4.31. The minimum atomic E-state index is -0.242. The van der Waals surface area contributed by atoms with Gasteiger partial charge in [-0.15, -0.1) is 0 Å². The lowest BCUT2D eigenvalue weighted by molar-refractivity contribution is 0.608. The number of hydrogen-bond acceptors (Lipinski definition) is 2. The van der Waals surface area contributed by atoms with Crippen LogP contribution in [0.2, 0.25) is 0 Å². The first-order chi connectivity index (χ1) is 8.70. The molecule has 0 atom stereocenters. The molecule has 18 heavy (non-hydrogen) atoms. The van der Waals surface area contributed by atoms with Crippen LogP contribution < -0.4 is 5.73 Å². The van der Waals surface area contributed by atoms with Gasteiger partial charge in [0.25, 0.3) is 0 Å². The first-order valence-electron chi connectivity index (χ1n) is 6.29. The quantitative estimate of drug-likeness (QED) is 0.822. The summed E-state index contributed by atoms with van der Waals surface area (Å²) in [6.45, 7) is 3.05. The summed E-state index contributed by atoms with van der Waals surface area (Å²) in [5.74, 6) is 0.277. The second-order valence-corrected chi connectivity index (χ2v) is 4.39. The molecular formula is C14H18FN3. The number of nitrogens with zero attached hydrogens (tertiary/aromatic N) is 2. The smallest absolute Gasteiger partial charge is 0.200 e. The fourth-order valence-electron chi connectivity index (χ4n) is 1.90. The molecular weight excluding hydrogens is 229 g/mol. The molecule has 0 saturated carbocycles. The summed E-state index contributed by atoms with van der Waals surface area (Å²) in [5.41, 5.74) is 7.55. The monoisotopic (exact) mass is 247 g/mol. The summed E-state index contributed by atoms with van der Waals surface area (Å²) in [6, 6.07) is 6.30. The number of aromatic nitrogens is 2. The molecule has 0 aliphatic carbocycles. The minimum Gasteiger partial charge on any atom is -0.369 e. The van der Waals surface area contributed by atoms with E-state index in [4.69, 9.17) is 5.73 Å². The highest BCUT2D eigenvalue weighted by Crippen LogP contribution is 2.20. The lowest BCUT2D eigenvalue weighted by atomic mass is 10.2. The van der Waals surface area contributed by atoms with Gasteiger partial charge in [0.15, 0.2) is 0 Å². The fourth-order valence-corrected chi connectivity index (χ4v) is 1.90.